The molecule has 0 amide bonds. The first-order valence-electron chi connectivity index (χ1n) is 7.53. The lowest BCUT2D eigenvalue weighted by Gasteiger charge is -2.25. The van der Waals surface area contributed by atoms with Crippen molar-refractivity contribution in [2.24, 2.45) is 5.92 Å². The van der Waals surface area contributed by atoms with Crippen molar-refractivity contribution in [3.05, 3.63) is 35.4 Å². The number of benzene rings is 2. The van der Waals surface area contributed by atoms with Crippen LogP contribution in [0.25, 0.3) is 10.8 Å². The highest BCUT2D eigenvalue weighted by Crippen LogP contribution is 2.62. The highest BCUT2D eigenvalue weighted by Gasteiger charge is 2.46. The number of hydrogen-bond acceptors (Lipinski definition) is 3. The fraction of sp³-hybridized carbons (Fsp3) is 0.389. The quantitative estimate of drug-likeness (QED) is 0.633. The number of hydrogen-bond donors (Lipinski definition) is 1. The fourth-order valence-electron chi connectivity index (χ4n) is 4.35. The van der Waals surface area contributed by atoms with Crippen molar-refractivity contribution in [3.8, 4) is 11.5 Å². The summed E-state index contributed by atoms with van der Waals surface area (Å²) in [5.74, 6) is 2.14. The number of phenolic OH excluding ortho intramolecular Hbond substituents is 1. The van der Waals surface area contributed by atoms with E-state index in [-0.39, 0.29) is 5.97 Å². The summed E-state index contributed by atoms with van der Waals surface area (Å²) in [5.41, 5.74) is 2.10. The van der Waals surface area contributed by atoms with Crippen LogP contribution in [-0.2, 0) is 4.79 Å². The van der Waals surface area contributed by atoms with Gasteiger partial charge in [0.2, 0.25) is 0 Å². The standard InChI is InChI=1S/C18H18O3/c1-9-7-11-8-14(9)16-15(11)18(21-10(2)19)13-6-4-3-5-12(13)17(16)20/h3-6,9,11,14,20H,7-8H2,1-2H3. The largest absolute Gasteiger partial charge is 0.507 e. The summed E-state index contributed by atoms with van der Waals surface area (Å²) < 4.78 is 5.56. The van der Waals surface area contributed by atoms with E-state index in [9.17, 15) is 9.90 Å². The summed E-state index contributed by atoms with van der Waals surface area (Å²) in [6.45, 7) is 3.68. The van der Waals surface area contributed by atoms with Crippen molar-refractivity contribution in [2.75, 3.05) is 0 Å². The molecule has 0 saturated heterocycles. The van der Waals surface area contributed by atoms with E-state index in [1.54, 1.807) is 0 Å². The molecule has 3 unspecified atom stereocenters. The van der Waals surface area contributed by atoms with E-state index in [1.165, 1.54) is 6.92 Å². The minimum atomic E-state index is -0.302. The molecule has 0 aliphatic heterocycles. The molecule has 3 heteroatoms. The lowest BCUT2D eigenvalue weighted by Crippen LogP contribution is -2.12. The molecule has 3 atom stereocenters. The van der Waals surface area contributed by atoms with E-state index in [2.05, 4.69) is 6.92 Å². The number of ether oxygens (including phenoxy) is 1. The summed E-state index contributed by atoms with van der Waals surface area (Å²) in [5, 5.41) is 12.3. The molecule has 0 spiro atoms. The van der Waals surface area contributed by atoms with Crippen molar-refractivity contribution < 1.29 is 14.6 Å². The van der Waals surface area contributed by atoms with Gasteiger partial charge in [0.1, 0.15) is 11.5 Å². The first kappa shape index (κ1) is 12.7. The van der Waals surface area contributed by atoms with Crippen molar-refractivity contribution >= 4 is 16.7 Å². The Morgan fingerprint density at radius 3 is 2.62 bits per heavy atom. The number of rotatable bonds is 1. The highest BCUT2D eigenvalue weighted by atomic mass is 16.5. The lowest BCUT2D eigenvalue weighted by atomic mass is 9.82. The first-order valence-corrected chi connectivity index (χ1v) is 7.53. The van der Waals surface area contributed by atoms with Crippen molar-refractivity contribution in [2.45, 2.75) is 38.5 Å². The molecule has 2 aromatic carbocycles. The number of phenols is 1. The molecule has 108 valence electrons. The molecule has 2 bridgehead atoms. The van der Waals surface area contributed by atoms with E-state index in [0.717, 1.165) is 34.7 Å². The monoisotopic (exact) mass is 282 g/mol. The third kappa shape index (κ3) is 1.63. The van der Waals surface area contributed by atoms with Gasteiger partial charge in [-0.2, -0.15) is 0 Å². The Hall–Kier alpha value is -2.03. The number of carbonyl (C=O) groups is 1. The first-order chi connectivity index (χ1) is 10.1. The van der Waals surface area contributed by atoms with Crippen LogP contribution in [0, 0.1) is 5.92 Å². The Kier molecular flexibility index (Phi) is 2.56. The van der Waals surface area contributed by atoms with Gasteiger partial charge < -0.3 is 9.84 Å². The zero-order valence-corrected chi connectivity index (χ0v) is 12.2. The van der Waals surface area contributed by atoms with E-state index in [1.807, 2.05) is 24.3 Å². The SMILES string of the molecule is CC(=O)Oc1c2c(c(O)c3ccccc13)C1CC2CC1C. The topological polar surface area (TPSA) is 46.5 Å². The van der Waals surface area contributed by atoms with E-state index < -0.39 is 0 Å². The Labute approximate surface area is 123 Å². The average Bonchev–Trinajstić information content (AvgIpc) is 3.00. The minimum absolute atomic E-state index is 0.302. The van der Waals surface area contributed by atoms with Gasteiger partial charge in [-0.05, 0) is 30.6 Å². The predicted molar refractivity (Wildman–Crippen MR) is 80.8 cm³/mol. The number of carbonyl (C=O) groups excluding carboxylic acids is 1. The van der Waals surface area contributed by atoms with Crippen LogP contribution in [0.5, 0.6) is 11.5 Å². The summed E-state index contributed by atoms with van der Waals surface area (Å²) >= 11 is 0. The average molecular weight is 282 g/mol. The van der Waals surface area contributed by atoms with Crippen LogP contribution in [-0.4, -0.2) is 11.1 Å². The van der Waals surface area contributed by atoms with Crippen LogP contribution in [0.2, 0.25) is 0 Å². The maximum atomic E-state index is 11.5. The minimum Gasteiger partial charge on any atom is -0.507 e. The van der Waals surface area contributed by atoms with Crippen molar-refractivity contribution in [1.82, 2.24) is 0 Å². The van der Waals surface area contributed by atoms with Crippen LogP contribution in [0.3, 0.4) is 0 Å². The van der Waals surface area contributed by atoms with E-state index in [4.69, 9.17) is 4.74 Å². The van der Waals surface area contributed by atoms with Gasteiger partial charge in [-0.25, -0.2) is 0 Å². The second-order valence-corrected chi connectivity index (χ2v) is 6.40. The second kappa shape index (κ2) is 4.23. The molecule has 1 fully saturated rings. The van der Waals surface area contributed by atoms with Crippen molar-refractivity contribution in [3.63, 3.8) is 0 Å². The number of esters is 1. The van der Waals surface area contributed by atoms with Crippen LogP contribution in [0.1, 0.15) is 49.7 Å². The van der Waals surface area contributed by atoms with Gasteiger partial charge in [0, 0.05) is 28.8 Å². The summed E-state index contributed by atoms with van der Waals surface area (Å²) in [4.78, 5) is 11.5. The Morgan fingerprint density at radius 2 is 1.90 bits per heavy atom. The number of aromatic hydroxyl groups is 1. The Bertz CT molecular complexity index is 763. The molecular formula is C18H18O3. The lowest BCUT2D eigenvalue weighted by molar-refractivity contribution is -0.131. The van der Waals surface area contributed by atoms with Crippen LogP contribution < -0.4 is 4.74 Å². The summed E-state index contributed by atoms with van der Waals surface area (Å²) in [6.07, 6.45) is 2.18. The maximum Gasteiger partial charge on any atom is 0.308 e. The van der Waals surface area contributed by atoms with E-state index in [0.29, 0.717) is 29.3 Å². The third-order valence-corrected chi connectivity index (χ3v) is 5.12. The summed E-state index contributed by atoms with van der Waals surface area (Å²) in [6, 6.07) is 7.64. The van der Waals surface area contributed by atoms with Gasteiger partial charge in [0.15, 0.2) is 0 Å². The molecular weight excluding hydrogens is 264 g/mol. The van der Waals surface area contributed by atoms with Gasteiger partial charge in [0.05, 0.1) is 0 Å². The number of fused-ring (bicyclic) bond motifs is 6. The summed E-state index contributed by atoms with van der Waals surface area (Å²) in [7, 11) is 0. The Morgan fingerprint density at radius 1 is 1.19 bits per heavy atom. The molecule has 0 aromatic heterocycles. The molecule has 4 rings (SSSR count). The smallest absolute Gasteiger partial charge is 0.308 e. The normalized spacial score (nSPS) is 26.1. The van der Waals surface area contributed by atoms with Gasteiger partial charge >= 0.3 is 5.97 Å². The molecule has 2 aromatic rings. The van der Waals surface area contributed by atoms with Crippen LogP contribution >= 0.6 is 0 Å². The second-order valence-electron chi connectivity index (χ2n) is 6.40. The van der Waals surface area contributed by atoms with Crippen molar-refractivity contribution in [1.29, 1.82) is 0 Å². The zero-order valence-electron chi connectivity index (χ0n) is 12.2. The Balaban J connectivity index is 2.08. The maximum absolute atomic E-state index is 11.5. The highest BCUT2D eigenvalue weighted by molar-refractivity contribution is 5.98. The third-order valence-electron chi connectivity index (χ3n) is 5.12. The molecule has 1 saturated carbocycles. The van der Waals surface area contributed by atoms with E-state index >= 15 is 0 Å². The van der Waals surface area contributed by atoms with Crippen LogP contribution in [0.4, 0.5) is 0 Å². The fourth-order valence-corrected chi connectivity index (χ4v) is 4.35. The molecule has 0 radical (unpaired) electrons. The predicted octanol–water partition coefficient (Wildman–Crippen LogP) is 4.08. The zero-order chi connectivity index (χ0) is 14.7. The molecule has 21 heavy (non-hydrogen) atoms. The molecule has 3 nitrogen and oxygen atoms in total. The van der Waals surface area contributed by atoms with Gasteiger partial charge in [-0.3, -0.25) is 4.79 Å². The molecule has 2 aliphatic rings. The molecule has 0 heterocycles. The van der Waals surface area contributed by atoms with Gasteiger partial charge in [-0.1, -0.05) is 31.2 Å². The van der Waals surface area contributed by atoms with Gasteiger partial charge in [0.25, 0.3) is 0 Å². The van der Waals surface area contributed by atoms with Crippen LogP contribution in [0.15, 0.2) is 24.3 Å². The molecule has 2 aliphatic carbocycles. The molecule has 1 N–H and O–H groups in total. The van der Waals surface area contributed by atoms with Gasteiger partial charge in [-0.15, -0.1) is 0 Å².